The Labute approximate surface area is 344 Å². The van der Waals surface area contributed by atoms with Crippen LogP contribution in [0, 0.1) is 17.0 Å². The van der Waals surface area contributed by atoms with Crippen LogP contribution in [0.25, 0.3) is 0 Å². The van der Waals surface area contributed by atoms with Crippen molar-refractivity contribution >= 4 is 45.0 Å². The zero-order valence-corrected chi connectivity index (χ0v) is 34.0. The number of piperidine rings is 4. The third-order valence-corrected chi connectivity index (χ3v) is 13.5. The number of likely N-dealkylation sites (tertiary alicyclic amines) is 1. The summed E-state index contributed by atoms with van der Waals surface area (Å²) in [4.78, 5) is 36.2. The molecule has 0 saturated carbocycles. The molecule has 0 radical (unpaired) electrons. The molecule has 2 aromatic carbocycles. The Bertz CT molecular complexity index is 2220. The third-order valence-electron chi connectivity index (χ3n) is 12.0. The highest BCUT2D eigenvalue weighted by Gasteiger charge is 2.41. The van der Waals surface area contributed by atoms with Gasteiger partial charge >= 0.3 is 6.18 Å². The molecule has 20 heteroatoms. The summed E-state index contributed by atoms with van der Waals surface area (Å²) in [5.41, 5.74) is -1.97. The molecule has 2 amide bonds. The monoisotopic (exact) mass is 866 g/mol. The lowest BCUT2D eigenvalue weighted by Gasteiger charge is -2.45. The van der Waals surface area contributed by atoms with Gasteiger partial charge in [0.25, 0.3) is 0 Å². The number of hydrogen-bond donors (Lipinski definition) is 4. The number of sulfonamides is 1. The average Bonchev–Trinajstić information content (AvgIpc) is 3.16. The van der Waals surface area contributed by atoms with Gasteiger partial charge in [-0.2, -0.15) is 18.2 Å². The van der Waals surface area contributed by atoms with Gasteiger partial charge < -0.3 is 20.2 Å². The van der Waals surface area contributed by atoms with Crippen LogP contribution < -0.4 is 25.2 Å². The van der Waals surface area contributed by atoms with E-state index in [0.29, 0.717) is 81.8 Å². The number of carbonyl (C=O) groups is 2. The molecule has 4 N–H and O–H groups in total. The normalized spacial score (nSPS) is 25.6. The van der Waals surface area contributed by atoms with Crippen molar-refractivity contribution in [3.05, 3.63) is 65.4 Å². The van der Waals surface area contributed by atoms with E-state index in [2.05, 4.69) is 32.2 Å². The van der Waals surface area contributed by atoms with Crippen LogP contribution in [-0.4, -0.2) is 104 Å². The molecular formula is C40H48F6N8O5S. The maximum atomic E-state index is 15.6. The molecule has 0 aliphatic carbocycles. The number of nitrogens with one attached hydrogen (secondary N) is 3. The molecule has 0 spiro atoms. The maximum Gasteiger partial charge on any atom is 0.421 e. The summed E-state index contributed by atoms with van der Waals surface area (Å²) in [5, 5.41) is 15.3. The third kappa shape index (κ3) is 9.81. The summed E-state index contributed by atoms with van der Waals surface area (Å²) in [6.45, 7) is 5.67. The van der Waals surface area contributed by atoms with E-state index >= 15 is 13.2 Å². The number of hydrogen-bond acceptors (Lipinski definition) is 11. The lowest BCUT2D eigenvalue weighted by Crippen LogP contribution is -2.54. The fourth-order valence-electron chi connectivity index (χ4n) is 8.66. The van der Waals surface area contributed by atoms with Gasteiger partial charge in [0.1, 0.15) is 29.2 Å². The summed E-state index contributed by atoms with van der Waals surface area (Å²) >= 11 is 0. The van der Waals surface area contributed by atoms with Crippen molar-refractivity contribution in [2.24, 2.45) is 5.41 Å². The highest BCUT2D eigenvalue weighted by atomic mass is 32.2. The van der Waals surface area contributed by atoms with E-state index in [0.717, 1.165) is 12.1 Å². The van der Waals surface area contributed by atoms with Gasteiger partial charge in [0.2, 0.25) is 27.8 Å². The minimum Gasteiger partial charge on any atom is -0.388 e. The van der Waals surface area contributed by atoms with E-state index in [4.69, 9.17) is 0 Å². The van der Waals surface area contributed by atoms with E-state index in [1.54, 1.807) is 12.1 Å². The second-order valence-electron chi connectivity index (χ2n) is 17.0. The van der Waals surface area contributed by atoms with Gasteiger partial charge in [-0.3, -0.25) is 19.8 Å². The van der Waals surface area contributed by atoms with E-state index < -0.39 is 73.8 Å². The minimum atomic E-state index is -4.81. The first-order valence-electron chi connectivity index (χ1n) is 19.9. The Hall–Kier alpha value is -4.53. The first-order valence-corrected chi connectivity index (χ1v) is 21.4. The summed E-state index contributed by atoms with van der Waals surface area (Å²) in [6.07, 6.45) is -2.97. The van der Waals surface area contributed by atoms with Gasteiger partial charge in [-0.25, -0.2) is 31.3 Å². The van der Waals surface area contributed by atoms with Crippen LogP contribution in [0.4, 0.5) is 49.5 Å². The lowest BCUT2D eigenvalue weighted by molar-refractivity contribution is -0.138. The van der Waals surface area contributed by atoms with E-state index in [1.807, 2.05) is 9.80 Å². The maximum absolute atomic E-state index is 15.6. The summed E-state index contributed by atoms with van der Waals surface area (Å²) in [7, 11) is -4.40. The van der Waals surface area contributed by atoms with Crippen LogP contribution in [0.15, 0.2) is 47.5 Å². The highest BCUT2D eigenvalue weighted by molar-refractivity contribution is 7.89. The Kier molecular flexibility index (Phi) is 12.1. The summed E-state index contributed by atoms with van der Waals surface area (Å²) < 4.78 is 117. The van der Waals surface area contributed by atoms with Crippen LogP contribution >= 0.6 is 0 Å². The molecule has 1 aromatic heterocycles. The topological polar surface area (TPSA) is 160 Å². The zero-order valence-electron chi connectivity index (χ0n) is 33.2. The Morgan fingerprint density at radius 2 is 1.72 bits per heavy atom. The van der Waals surface area contributed by atoms with E-state index in [9.17, 15) is 36.3 Å². The molecule has 0 bridgehead atoms. The Morgan fingerprint density at radius 1 is 0.967 bits per heavy atom. The van der Waals surface area contributed by atoms with Crippen molar-refractivity contribution in [2.45, 2.75) is 93.6 Å². The van der Waals surface area contributed by atoms with Gasteiger partial charge in [-0.05, 0) is 93.3 Å². The predicted octanol–water partition coefficient (Wildman–Crippen LogP) is 5.39. The molecule has 60 heavy (non-hydrogen) atoms. The molecule has 4 fully saturated rings. The molecule has 326 valence electrons. The van der Waals surface area contributed by atoms with Crippen molar-refractivity contribution in [3.63, 3.8) is 0 Å². The number of aromatic nitrogens is 2. The SMILES string of the molecule is CC1(CN2CC[C@@H](NS(=O)(=O)c3ccc(Nc4ncc(C(F)(F)F)c(N5CCC[C@](C)(O)C5)n4)c(F)c3)[C@@H](F)C2)CCN(c2ccc(C3CCC(=O)NC3=O)cc2F)CC1. The number of β-amino-alcohol motifs (C(OH)–C–C–N with tert-alkyl or cyclic N) is 1. The van der Waals surface area contributed by atoms with Crippen molar-refractivity contribution < 1.29 is 49.5 Å². The van der Waals surface area contributed by atoms with Crippen LogP contribution in [-0.2, 0) is 25.8 Å². The van der Waals surface area contributed by atoms with Gasteiger partial charge in [-0.15, -0.1) is 0 Å². The number of imide groups is 1. The number of halogens is 6. The molecule has 4 saturated heterocycles. The zero-order chi connectivity index (χ0) is 43.2. The van der Waals surface area contributed by atoms with E-state index in [1.165, 1.54) is 17.9 Å². The van der Waals surface area contributed by atoms with Crippen molar-refractivity contribution in [1.82, 2.24) is 24.9 Å². The average molecular weight is 867 g/mol. The van der Waals surface area contributed by atoms with Crippen molar-refractivity contribution in [2.75, 3.05) is 60.9 Å². The number of aliphatic hydroxyl groups is 1. The Morgan fingerprint density at radius 3 is 2.37 bits per heavy atom. The van der Waals surface area contributed by atoms with Crippen LogP contribution in [0.2, 0.25) is 0 Å². The second-order valence-corrected chi connectivity index (χ2v) is 18.7. The molecule has 3 aromatic rings. The summed E-state index contributed by atoms with van der Waals surface area (Å²) in [6, 6.07) is 6.52. The van der Waals surface area contributed by atoms with Crippen molar-refractivity contribution in [1.29, 1.82) is 0 Å². The predicted molar refractivity (Wildman–Crippen MR) is 210 cm³/mol. The van der Waals surface area contributed by atoms with Crippen LogP contribution in [0.3, 0.4) is 0 Å². The first-order chi connectivity index (χ1) is 28.2. The molecule has 4 aliphatic heterocycles. The first kappa shape index (κ1) is 43.6. The van der Waals surface area contributed by atoms with Crippen LogP contribution in [0.5, 0.6) is 0 Å². The number of carbonyl (C=O) groups excluding carboxylic acids is 2. The lowest BCUT2D eigenvalue weighted by atomic mass is 9.79. The molecule has 7 rings (SSSR count). The van der Waals surface area contributed by atoms with E-state index in [-0.39, 0.29) is 55.4 Å². The number of nitrogens with zero attached hydrogens (tertiary/aromatic N) is 5. The molecule has 5 heterocycles. The number of amides is 2. The number of benzene rings is 2. The number of anilines is 4. The van der Waals surface area contributed by atoms with Gasteiger partial charge in [0, 0.05) is 51.9 Å². The molecular weight excluding hydrogens is 819 g/mol. The largest absolute Gasteiger partial charge is 0.421 e. The highest BCUT2D eigenvalue weighted by Crippen LogP contribution is 2.39. The van der Waals surface area contributed by atoms with Crippen molar-refractivity contribution in [3.8, 4) is 0 Å². The van der Waals surface area contributed by atoms with Gasteiger partial charge in [-0.1, -0.05) is 13.0 Å². The molecule has 13 nitrogen and oxygen atoms in total. The van der Waals surface area contributed by atoms with Gasteiger partial charge in [0.05, 0.1) is 33.8 Å². The molecule has 4 atom stereocenters. The minimum absolute atomic E-state index is 0.0375. The van der Waals surface area contributed by atoms with Crippen LogP contribution in [0.1, 0.15) is 75.8 Å². The fourth-order valence-corrected chi connectivity index (χ4v) is 9.97. The molecule has 1 unspecified atom stereocenters. The standard InChI is InChI=1S/C40H48F6N8O5S/c1-38(12-16-53(17-13-38)33-8-4-24(18-29(33)42)26-6-9-34(55)49-36(26)56)22-52-15-10-32(30(43)21-52)51-60(58,59)25-5-7-31(28(41)19-25)48-37-47-20-27(40(44,45)46)35(50-37)54-14-3-11-39(2,57)23-54/h4-5,7-8,18-20,26,30,32,51,57H,3,6,9-17,21-23H2,1-2H3,(H,47,48,50)(H,49,55,56)/t26?,30-,32+,39-/m0/s1. The van der Waals surface area contributed by atoms with Gasteiger partial charge in [0.15, 0.2) is 0 Å². The fraction of sp³-hybridized carbons (Fsp3) is 0.550. The summed E-state index contributed by atoms with van der Waals surface area (Å²) in [5.74, 6) is -3.74. The second kappa shape index (κ2) is 16.7. The Balaban J connectivity index is 0.925. The number of rotatable bonds is 10. The number of alkyl halides is 4. The quantitative estimate of drug-likeness (QED) is 0.153. The smallest absolute Gasteiger partial charge is 0.388 e. The molecule has 4 aliphatic rings.